The first kappa shape index (κ1) is 15.4. The number of hydrogen-bond acceptors (Lipinski definition) is 6. The predicted molar refractivity (Wildman–Crippen MR) is 90.6 cm³/mol. The highest BCUT2D eigenvalue weighted by atomic mass is 32.2. The molecule has 0 bridgehead atoms. The number of aromatic amines is 1. The zero-order valence-corrected chi connectivity index (χ0v) is 14.3. The van der Waals surface area contributed by atoms with Gasteiger partial charge in [0.1, 0.15) is 5.76 Å². The van der Waals surface area contributed by atoms with E-state index < -0.39 is 0 Å². The second kappa shape index (κ2) is 6.78. The molecule has 0 spiro atoms. The van der Waals surface area contributed by atoms with Gasteiger partial charge in [0.15, 0.2) is 10.2 Å². The summed E-state index contributed by atoms with van der Waals surface area (Å²) in [5.41, 5.74) is 3.90. The number of rotatable bonds is 6. The van der Waals surface area contributed by atoms with Crippen LogP contribution >= 0.6 is 11.8 Å². The van der Waals surface area contributed by atoms with Gasteiger partial charge in [-0.1, -0.05) is 0 Å². The lowest BCUT2D eigenvalue weighted by atomic mass is 10.2. The van der Waals surface area contributed by atoms with E-state index in [9.17, 15) is 0 Å². The van der Waals surface area contributed by atoms with Gasteiger partial charge < -0.3 is 4.42 Å². The summed E-state index contributed by atoms with van der Waals surface area (Å²) in [4.78, 5) is 10.6. The van der Waals surface area contributed by atoms with Crippen LogP contribution in [-0.4, -0.2) is 32.1 Å². The SMILES string of the molecule is CN(Cc1ccc(Sc2ncccn2)o1)Cc1n[nH]c2c1CCC2. The Labute approximate surface area is 144 Å². The van der Waals surface area contributed by atoms with Gasteiger partial charge >= 0.3 is 0 Å². The van der Waals surface area contributed by atoms with Gasteiger partial charge in [-0.25, -0.2) is 9.97 Å². The zero-order chi connectivity index (χ0) is 16.4. The van der Waals surface area contributed by atoms with Crippen LogP contribution in [-0.2, 0) is 25.9 Å². The van der Waals surface area contributed by atoms with Gasteiger partial charge in [0.2, 0.25) is 0 Å². The van der Waals surface area contributed by atoms with E-state index in [2.05, 4.69) is 32.1 Å². The minimum atomic E-state index is 0.693. The number of fused-ring (bicyclic) bond motifs is 1. The van der Waals surface area contributed by atoms with Crippen LogP contribution in [0, 0.1) is 0 Å². The quantitative estimate of drug-likeness (QED) is 0.695. The van der Waals surface area contributed by atoms with E-state index in [4.69, 9.17) is 4.42 Å². The maximum absolute atomic E-state index is 5.88. The van der Waals surface area contributed by atoms with Gasteiger partial charge in [-0.15, -0.1) is 0 Å². The minimum Gasteiger partial charge on any atom is -0.453 e. The fraction of sp³-hybridized carbons (Fsp3) is 0.353. The summed E-state index contributed by atoms with van der Waals surface area (Å²) in [6.45, 7) is 1.58. The number of aryl methyl sites for hydroxylation is 1. The van der Waals surface area contributed by atoms with E-state index in [-0.39, 0.29) is 0 Å². The van der Waals surface area contributed by atoms with Crippen molar-refractivity contribution in [2.24, 2.45) is 0 Å². The summed E-state index contributed by atoms with van der Waals surface area (Å²) in [5, 5.41) is 9.14. The molecule has 3 aromatic heterocycles. The maximum atomic E-state index is 5.88. The Hall–Kier alpha value is -2.12. The molecular formula is C17H19N5OS. The number of furan rings is 1. The van der Waals surface area contributed by atoms with E-state index >= 15 is 0 Å². The molecule has 0 fully saturated rings. The average molecular weight is 341 g/mol. The lowest BCUT2D eigenvalue weighted by Crippen LogP contribution is -2.17. The summed E-state index contributed by atoms with van der Waals surface area (Å²) in [5.74, 6) is 0.933. The van der Waals surface area contributed by atoms with Crippen molar-refractivity contribution < 1.29 is 4.42 Å². The first-order valence-corrected chi connectivity index (χ1v) is 8.87. The Kier molecular flexibility index (Phi) is 4.36. The van der Waals surface area contributed by atoms with Crippen molar-refractivity contribution >= 4 is 11.8 Å². The van der Waals surface area contributed by atoms with Crippen LogP contribution < -0.4 is 0 Å². The summed E-state index contributed by atoms with van der Waals surface area (Å²) < 4.78 is 5.88. The second-order valence-electron chi connectivity index (χ2n) is 6.01. The summed E-state index contributed by atoms with van der Waals surface area (Å²) >= 11 is 1.43. The molecule has 0 atom stereocenters. The van der Waals surface area contributed by atoms with Gasteiger partial charge in [-0.2, -0.15) is 5.10 Å². The maximum Gasteiger partial charge on any atom is 0.195 e. The lowest BCUT2D eigenvalue weighted by molar-refractivity contribution is 0.273. The Bertz CT molecular complexity index is 814. The second-order valence-corrected chi connectivity index (χ2v) is 6.98. The molecular weight excluding hydrogens is 322 g/mol. The van der Waals surface area contributed by atoms with Crippen LogP contribution in [0.4, 0.5) is 0 Å². The number of H-pyrrole nitrogens is 1. The van der Waals surface area contributed by atoms with Gasteiger partial charge in [0, 0.05) is 24.6 Å². The third-order valence-electron chi connectivity index (χ3n) is 4.11. The highest BCUT2D eigenvalue weighted by Crippen LogP contribution is 2.27. The molecule has 0 saturated heterocycles. The standard InChI is InChI=1S/C17H19N5OS/c1-22(11-15-13-4-2-5-14(13)20-21-15)10-12-6-7-16(23-12)24-17-18-8-3-9-19-17/h3,6-9H,2,4-5,10-11H2,1H3,(H,20,21). The first-order valence-electron chi connectivity index (χ1n) is 8.05. The van der Waals surface area contributed by atoms with Crippen LogP contribution in [0.15, 0.2) is 45.3 Å². The van der Waals surface area contributed by atoms with Crippen molar-refractivity contribution in [3.05, 3.63) is 53.3 Å². The van der Waals surface area contributed by atoms with Gasteiger partial charge in [0.05, 0.1) is 12.2 Å². The summed E-state index contributed by atoms with van der Waals surface area (Å²) in [6, 6.07) is 5.78. The van der Waals surface area contributed by atoms with Crippen molar-refractivity contribution in [1.82, 2.24) is 25.1 Å². The molecule has 0 saturated carbocycles. The fourth-order valence-corrected chi connectivity index (χ4v) is 3.71. The van der Waals surface area contributed by atoms with E-state index in [0.717, 1.165) is 36.8 Å². The van der Waals surface area contributed by atoms with Crippen LogP contribution in [0.1, 0.15) is 29.1 Å². The van der Waals surface area contributed by atoms with E-state index in [0.29, 0.717) is 5.16 Å². The average Bonchev–Trinajstić information content (AvgIpc) is 3.28. The molecule has 3 heterocycles. The third kappa shape index (κ3) is 3.37. The Balaban J connectivity index is 1.37. The Morgan fingerprint density at radius 1 is 1.21 bits per heavy atom. The lowest BCUT2D eigenvalue weighted by Gasteiger charge is -2.14. The van der Waals surface area contributed by atoms with Crippen LogP contribution in [0.25, 0.3) is 0 Å². The Morgan fingerprint density at radius 3 is 2.96 bits per heavy atom. The van der Waals surface area contributed by atoms with E-state index in [1.165, 1.54) is 35.1 Å². The molecule has 6 nitrogen and oxygen atoms in total. The smallest absolute Gasteiger partial charge is 0.195 e. The third-order valence-corrected chi connectivity index (χ3v) is 4.92. The molecule has 4 rings (SSSR count). The number of nitrogens with one attached hydrogen (secondary N) is 1. The van der Waals surface area contributed by atoms with Gasteiger partial charge in [-0.3, -0.25) is 10.00 Å². The fourth-order valence-electron chi connectivity index (χ4n) is 3.02. The van der Waals surface area contributed by atoms with Gasteiger partial charge in [-0.05, 0) is 61.8 Å². The van der Waals surface area contributed by atoms with Gasteiger partial charge in [0.25, 0.3) is 0 Å². The Morgan fingerprint density at radius 2 is 2.08 bits per heavy atom. The summed E-state index contributed by atoms with van der Waals surface area (Å²) in [7, 11) is 2.09. The molecule has 3 aromatic rings. The molecule has 0 aromatic carbocycles. The monoisotopic (exact) mass is 341 g/mol. The highest BCUT2D eigenvalue weighted by Gasteiger charge is 2.19. The van der Waals surface area contributed by atoms with E-state index in [1.807, 2.05) is 12.1 Å². The topological polar surface area (TPSA) is 70.8 Å². The molecule has 1 N–H and O–H groups in total. The van der Waals surface area contributed by atoms with Crippen molar-refractivity contribution in [1.29, 1.82) is 0 Å². The number of nitrogens with zero attached hydrogens (tertiary/aromatic N) is 4. The molecule has 24 heavy (non-hydrogen) atoms. The van der Waals surface area contributed by atoms with Crippen LogP contribution in [0.3, 0.4) is 0 Å². The van der Waals surface area contributed by atoms with Crippen molar-refractivity contribution in [3.63, 3.8) is 0 Å². The number of hydrogen-bond donors (Lipinski definition) is 1. The minimum absolute atomic E-state index is 0.693. The molecule has 0 aliphatic heterocycles. The van der Waals surface area contributed by atoms with Crippen molar-refractivity contribution in [3.8, 4) is 0 Å². The van der Waals surface area contributed by atoms with Crippen molar-refractivity contribution in [2.45, 2.75) is 42.6 Å². The highest BCUT2D eigenvalue weighted by molar-refractivity contribution is 7.99. The predicted octanol–water partition coefficient (Wildman–Crippen LogP) is 3.06. The zero-order valence-electron chi connectivity index (χ0n) is 13.5. The summed E-state index contributed by atoms with van der Waals surface area (Å²) in [6.07, 6.45) is 6.98. The molecule has 0 amide bonds. The number of aromatic nitrogens is 4. The normalized spacial score (nSPS) is 13.6. The molecule has 0 radical (unpaired) electrons. The molecule has 1 aliphatic rings. The molecule has 124 valence electrons. The molecule has 1 aliphatic carbocycles. The first-order chi connectivity index (χ1) is 11.8. The van der Waals surface area contributed by atoms with Crippen LogP contribution in [0.5, 0.6) is 0 Å². The van der Waals surface area contributed by atoms with Crippen LogP contribution in [0.2, 0.25) is 0 Å². The van der Waals surface area contributed by atoms with E-state index in [1.54, 1.807) is 18.5 Å². The molecule has 0 unspecified atom stereocenters. The molecule has 7 heteroatoms. The van der Waals surface area contributed by atoms with Crippen molar-refractivity contribution in [2.75, 3.05) is 7.05 Å². The largest absolute Gasteiger partial charge is 0.453 e.